The predicted molar refractivity (Wildman–Crippen MR) is 80.7 cm³/mol. The van der Waals surface area contributed by atoms with Crippen molar-refractivity contribution in [1.29, 1.82) is 0 Å². The Morgan fingerprint density at radius 1 is 1.44 bits per heavy atom. The maximum absolute atomic E-state index is 5.69. The highest BCUT2D eigenvalue weighted by Crippen LogP contribution is 2.21. The van der Waals surface area contributed by atoms with Crippen LogP contribution in [0.2, 0.25) is 0 Å². The van der Waals surface area contributed by atoms with Crippen molar-refractivity contribution in [1.82, 2.24) is 4.90 Å². The van der Waals surface area contributed by atoms with Gasteiger partial charge in [-0.15, -0.1) is 0 Å². The van der Waals surface area contributed by atoms with E-state index in [1.165, 1.54) is 37.8 Å². The summed E-state index contributed by atoms with van der Waals surface area (Å²) in [6, 6.07) is 9.08. The molecule has 1 atom stereocenters. The minimum Gasteiger partial charge on any atom is -0.389 e. The van der Waals surface area contributed by atoms with Gasteiger partial charge in [-0.25, -0.2) is 0 Å². The van der Waals surface area contributed by atoms with Gasteiger partial charge in [-0.2, -0.15) is 0 Å². The Hall–Kier alpha value is -0.930. The molecule has 0 saturated carbocycles. The third kappa shape index (κ3) is 3.30. The van der Waals surface area contributed by atoms with Crippen molar-refractivity contribution in [3.05, 3.63) is 35.4 Å². The van der Waals surface area contributed by atoms with Crippen LogP contribution in [0.4, 0.5) is 0 Å². The zero-order chi connectivity index (χ0) is 13.0. The van der Waals surface area contributed by atoms with Gasteiger partial charge in [-0.05, 0) is 37.4 Å². The van der Waals surface area contributed by atoms with Gasteiger partial charge in [0.25, 0.3) is 0 Å². The Kier molecular flexibility index (Phi) is 4.72. The molecule has 3 heteroatoms. The van der Waals surface area contributed by atoms with Crippen molar-refractivity contribution in [2.75, 3.05) is 6.54 Å². The fourth-order valence-corrected chi connectivity index (χ4v) is 2.91. The molecule has 1 aromatic carbocycles. The highest BCUT2D eigenvalue weighted by Gasteiger charge is 2.20. The molecule has 0 spiro atoms. The lowest BCUT2D eigenvalue weighted by Gasteiger charge is -2.35. The molecule has 1 heterocycles. The summed E-state index contributed by atoms with van der Waals surface area (Å²) in [5.74, 6) is 0. The number of nitrogens with two attached hydrogens (primary N) is 1. The SMILES string of the molecule is CCC1CCCCN1Cc1cccc(C(N)=S)c1. The van der Waals surface area contributed by atoms with Crippen LogP contribution in [0.15, 0.2) is 24.3 Å². The quantitative estimate of drug-likeness (QED) is 0.846. The van der Waals surface area contributed by atoms with Crippen molar-refractivity contribution in [3.8, 4) is 0 Å². The number of benzene rings is 1. The molecule has 0 amide bonds. The van der Waals surface area contributed by atoms with Crippen LogP contribution in [-0.2, 0) is 6.54 Å². The average molecular weight is 262 g/mol. The van der Waals surface area contributed by atoms with Crippen LogP contribution in [0.3, 0.4) is 0 Å². The fraction of sp³-hybridized carbons (Fsp3) is 0.533. The second-order valence-corrected chi connectivity index (χ2v) is 5.53. The third-order valence-electron chi connectivity index (χ3n) is 3.82. The fourth-order valence-electron chi connectivity index (χ4n) is 2.79. The second-order valence-electron chi connectivity index (χ2n) is 5.09. The molecule has 1 fully saturated rings. The van der Waals surface area contributed by atoms with Gasteiger partial charge in [-0.1, -0.05) is 43.8 Å². The summed E-state index contributed by atoms with van der Waals surface area (Å²) in [5, 5.41) is 0. The van der Waals surface area contributed by atoms with E-state index < -0.39 is 0 Å². The summed E-state index contributed by atoms with van der Waals surface area (Å²) in [6.45, 7) is 4.53. The Labute approximate surface area is 115 Å². The maximum atomic E-state index is 5.69. The smallest absolute Gasteiger partial charge is 0.103 e. The lowest BCUT2D eigenvalue weighted by molar-refractivity contribution is 0.136. The van der Waals surface area contributed by atoms with Crippen LogP contribution in [0.5, 0.6) is 0 Å². The van der Waals surface area contributed by atoms with Crippen LogP contribution < -0.4 is 5.73 Å². The number of hydrogen-bond donors (Lipinski definition) is 1. The first-order valence-electron chi connectivity index (χ1n) is 6.83. The molecule has 2 N–H and O–H groups in total. The third-order valence-corrected chi connectivity index (χ3v) is 4.05. The number of thiocarbonyl (C=S) groups is 1. The first-order chi connectivity index (χ1) is 8.70. The molecule has 2 nitrogen and oxygen atoms in total. The van der Waals surface area contributed by atoms with E-state index in [9.17, 15) is 0 Å². The topological polar surface area (TPSA) is 29.3 Å². The normalized spacial score (nSPS) is 20.8. The van der Waals surface area contributed by atoms with Crippen molar-refractivity contribution in [2.45, 2.75) is 45.2 Å². The van der Waals surface area contributed by atoms with Gasteiger partial charge in [0.2, 0.25) is 0 Å². The molecule has 1 aliphatic heterocycles. The van der Waals surface area contributed by atoms with Crippen LogP contribution >= 0.6 is 12.2 Å². The minimum absolute atomic E-state index is 0.488. The predicted octanol–water partition coefficient (Wildman–Crippen LogP) is 3.09. The Bertz CT molecular complexity index is 417. The van der Waals surface area contributed by atoms with E-state index in [-0.39, 0.29) is 0 Å². The number of rotatable bonds is 4. The van der Waals surface area contributed by atoms with Crippen molar-refractivity contribution < 1.29 is 0 Å². The van der Waals surface area contributed by atoms with Crippen molar-refractivity contribution >= 4 is 17.2 Å². The standard InChI is InChI=1S/C15H22N2S/c1-2-14-8-3-4-9-17(14)11-12-6-5-7-13(10-12)15(16)18/h5-7,10,14H,2-4,8-9,11H2,1H3,(H2,16,18). The van der Waals surface area contributed by atoms with Crippen LogP contribution in [0.1, 0.15) is 43.7 Å². The summed E-state index contributed by atoms with van der Waals surface area (Å²) in [7, 11) is 0. The molecule has 1 aromatic rings. The molecule has 0 aromatic heterocycles. The summed E-state index contributed by atoms with van der Waals surface area (Å²) in [6.07, 6.45) is 5.29. The summed E-state index contributed by atoms with van der Waals surface area (Å²) >= 11 is 5.04. The van der Waals surface area contributed by atoms with Crippen molar-refractivity contribution in [3.63, 3.8) is 0 Å². The van der Waals surface area contributed by atoms with E-state index in [2.05, 4.69) is 30.0 Å². The highest BCUT2D eigenvalue weighted by atomic mass is 32.1. The molecular weight excluding hydrogens is 240 g/mol. The molecule has 1 aliphatic rings. The Morgan fingerprint density at radius 2 is 2.28 bits per heavy atom. The highest BCUT2D eigenvalue weighted by molar-refractivity contribution is 7.80. The van der Waals surface area contributed by atoms with Gasteiger partial charge in [0.05, 0.1) is 0 Å². The van der Waals surface area contributed by atoms with Crippen LogP contribution in [0.25, 0.3) is 0 Å². The largest absolute Gasteiger partial charge is 0.389 e. The molecule has 1 unspecified atom stereocenters. The molecule has 0 radical (unpaired) electrons. The molecule has 1 saturated heterocycles. The lowest BCUT2D eigenvalue weighted by atomic mass is 9.99. The number of likely N-dealkylation sites (tertiary alicyclic amines) is 1. The second kappa shape index (κ2) is 6.30. The molecule has 2 rings (SSSR count). The zero-order valence-electron chi connectivity index (χ0n) is 11.1. The van der Waals surface area contributed by atoms with Gasteiger partial charge in [-0.3, -0.25) is 4.90 Å². The van der Waals surface area contributed by atoms with Crippen LogP contribution in [0, 0.1) is 0 Å². The van der Waals surface area contributed by atoms with Crippen molar-refractivity contribution in [2.24, 2.45) is 5.73 Å². The van der Waals surface area contributed by atoms with Gasteiger partial charge in [0.15, 0.2) is 0 Å². The Balaban J connectivity index is 2.07. The molecule has 98 valence electrons. The van der Waals surface area contributed by atoms with E-state index >= 15 is 0 Å². The van der Waals surface area contributed by atoms with E-state index in [0.29, 0.717) is 4.99 Å². The van der Waals surface area contributed by atoms with E-state index in [4.69, 9.17) is 18.0 Å². The monoisotopic (exact) mass is 262 g/mol. The molecule has 0 aliphatic carbocycles. The number of piperidine rings is 1. The summed E-state index contributed by atoms with van der Waals surface area (Å²) in [5.41, 5.74) is 7.99. The number of hydrogen-bond acceptors (Lipinski definition) is 2. The molecule has 0 bridgehead atoms. The maximum Gasteiger partial charge on any atom is 0.103 e. The van der Waals surface area contributed by atoms with E-state index in [1.807, 2.05) is 6.07 Å². The van der Waals surface area contributed by atoms with E-state index in [1.54, 1.807) is 0 Å². The van der Waals surface area contributed by atoms with Gasteiger partial charge < -0.3 is 5.73 Å². The zero-order valence-corrected chi connectivity index (χ0v) is 11.9. The minimum atomic E-state index is 0.488. The van der Waals surface area contributed by atoms with Gasteiger partial charge in [0.1, 0.15) is 4.99 Å². The average Bonchev–Trinajstić information content (AvgIpc) is 2.39. The summed E-state index contributed by atoms with van der Waals surface area (Å²) < 4.78 is 0. The first-order valence-corrected chi connectivity index (χ1v) is 7.24. The first kappa shape index (κ1) is 13.5. The van der Waals surface area contributed by atoms with Crippen LogP contribution in [-0.4, -0.2) is 22.5 Å². The lowest BCUT2D eigenvalue weighted by Crippen LogP contribution is -2.38. The van der Waals surface area contributed by atoms with Gasteiger partial charge in [0, 0.05) is 18.2 Å². The Morgan fingerprint density at radius 3 is 3.00 bits per heavy atom. The van der Waals surface area contributed by atoms with Gasteiger partial charge >= 0.3 is 0 Å². The molecule has 18 heavy (non-hydrogen) atoms. The number of nitrogens with zero attached hydrogens (tertiary/aromatic N) is 1. The molecular formula is C15H22N2S. The van der Waals surface area contributed by atoms with E-state index in [0.717, 1.165) is 18.2 Å². The summed E-state index contributed by atoms with van der Waals surface area (Å²) in [4.78, 5) is 3.09.